The van der Waals surface area contributed by atoms with E-state index in [0.717, 1.165) is 31.2 Å². The fraction of sp³-hybridized carbons (Fsp3) is 0.625. The summed E-state index contributed by atoms with van der Waals surface area (Å²) in [6.07, 6.45) is 3.23. The van der Waals surface area contributed by atoms with Crippen LogP contribution in [-0.2, 0) is 14.3 Å². The van der Waals surface area contributed by atoms with Gasteiger partial charge < -0.3 is 20.3 Å². The van der Waals surface area contributed by atoms with Crippen molar-refractivity contribution in [1.82, 2.24) is 15.5 Å². The highest BCUT2D eigenvalue weighted by molar-refractivity contribution is 5.90. The largest absolute Gasteiger partial charge is 0.444 e. The summed E-state index contributed by atoms with van der Waals surface area (Å²) in [7, 11) is 0. The molecule has 0 aromatic heterocycles. The first-order chi connectivity index (χ1) is 14.5. The number of benzene rings is 1. The molecule has 3 amide bonds. The summed E-state index contributed by atoms with van der Waals surface area (Å²) in [5.74, 6) is -0.558. The Labute approximate surface area is 186 Å². The molecule has 0 saturated carbocycles. The van der Waals surface area contributed by atoms with Gasteiger partial charge >= 0.3 is 6.09 Å². The Hall–Kier alpha value is -2.57. The topological polar surface area (TPSA) is 87.7 Å². The van der Waals surface area contributed by atoms with E-state index in [0.29, 0.717) is 6.54 Å². The molecule has 174 valence electrons. The molecule has 0 aliphatic rings. The molecule has 0 aliphatic carbocycles. The molecule has 0 bridgehead atoms. The number of rotatable bonds is 11. The van der Waals surface area contributed by atoms with Gasteiger partial charge in [0.2, 0.25) is 11.8 Å². The first kappa shape index (κ1) is 26.5. The van der Waals surface area contributed by atoms with E-state index in [4.69, 9.17) is 4.74 Å². The highest BCUT2D eigenvalue weighted by Crippen LogP contribution is 2.22. The first-order valence-corrected chi connectivity index (χ1v) is 11.2. The maximum Gasteiger partial charge on any atom is 0.408 e. The minimum Gasteiger partial charge on any atom is -0.444 e. The van der Waals surface area contributed by atoms with Crippen LogP contribution in [0.3, 0.4) is 0 Å². The lowest BCUT2D eigenvalue weighted by molar-refractivity contribution is -0.140. The standard InChI is InChI=1S/C24H39N3O4/c1-7-8-9-13-16-27(20(28)17-25-23(30)31-24(4,5)6)21(22(29)26-18(2)3)19-14-11-10-12-15-19/h10-12,14-15,18,21H,7-9,13,16-17H2,1-6H3,(H,25,30)(H,26,29). The normalized spacial score (nSPS) is 12.2. The van der Waals surface area contributed by atoms with Gasteiger partial charge in [-0.15, -0.1) is 0 Å². The second-order valence-electron chi connectivity index (χ2n) is 8.98. The minimum absolute atomic E-state index is 0.0596. The van der Waals surface area contributed by atoms with E-state index in [1.807, 2.05) is 44.2 Å². The molecule has 0 saturated heterocycles. The zero-order valence-electron chi connectivity index (χ0n) is 19.9. The van der Waals surface area contributed by atoms with Crippen molar-refractivity contribution in [2.45, 2.75) is 84.9 Å². The molecule has 0 heterocycles. The average Bonchev–Trinajstić information content (AvgIpc) is 2.67. The van der Waals surface area contributed by atoms with Crippen molar-refractivity contribution in [1.29, 1.82) is 0 Å². The summed E-state index contributed by atoms with van der Waals surface area (Å²) < 4.78 is 5.23. The number of ether oxygens (including phenoxy) is 1. The van der Waals surface area contributed by atoms with E-state index in [-0.39, 0.29) is 24.4 Å². The second-order valence-corrected chi connectivity index (χ2v) is 8.98. The number of unbranched alkanes of at least 4 members (excludes halogenated alkanes) is 3. The van der Waals surface area contributed by atoms with Gasteiger partial charge in [0.25, 0.3) is 0 Å². The molecular formula is C24H39N3O4. The summed E-state index contributed by atoms with van der Waals surface area (Å²) in [4.78, 5) is 39.8. The van der Waals surface area contributed by atoms with Crippen LogP contribution in [0.1, 0.15) is 78.8 Å². The number of nitrogens with zero attached hydrogens (tertiary/aromatic N) is 1. The Morgan fingerprint density at radius 3 is 2.23 bits per heavy atom. The zero-order chi connectivity index (χ0) is 23.4. The molecule has 0 radical (unpaired) electrons. The third-order valence-corrected chi connectivity index (χ3v) is 4.46. The van der Waals surface area contributed by atoms with Crippen molar-refractivity contribution in [3.05, 3.63) is 35.9 Å². The van der Waals surface area contributed by atoms with Crippen LogP contribution in [0.25, 0.3) is 0 Å². The second kappa shape index (κ2) is 13.0. The molecule has 0 fully saturated rings. The smallest absolute Gasteiger partial charge is 0.408 e. The first-order valence-electron chi connectivity index (χ1n) is 11.2. The maximum atomic E-state index is 13.2. The molecule has 0 aliphatic heterocycles. The Bertz CT molecular complexity index is 699. The van der Waals surface area contributed by atoms with Crippen LogP contribution in [0.15, 0.2) is 30.3 Å². The molecule has 7 heteroatoms. The minimum atomic E-state index is -0.766. The number of hydrogen-bond acceptors (Lipinski definition) is 4. The Balaban J connectivity index is 3.08. The highest BCUT2D eigenvalue weighted by Gasteiger charge is 2.31. The number of hydrogen-bond donors (Lipinski definition) is 2. The quantitative estimate of drug-likeness (QED) is 0.512. The van der Waals surface area contributed by atoms with Crippen LogP contribution < -0.4 is 10.6 Å². The van der Waals surface area contributed by atoms with Crippen LogP contribution in [0.5, 0.6) is 0 Å². The van der Waals surface area contributed by atoms with Crippen LogP contribution in [0.4, 0.5) is 4.79 Å². The fourth-order valence-corrected chi connectivity index (χ4v) is 3.14. The highest BCUT2D eigenvalue weighted by atomic mass is 16.6. The van der Waals surface area contributed by atoms with Gasteiger partial charge in [-0.3, -0.25) is 9.59 Å². The van der Waals surface area contributed by atoms with Crippen LogP contribution in [-0.4, -0.2) is 47.5 Å². The molecule has 1 aromatic carbocycles. The predicted octanol–water partition coefficient (Wildman–Crippen LogP) is 4.19. The van der Waals surface area contributed by atoms with E-state index in [1.54, 1.807) is 25.7 Å². The van der Waals surface area contributed by atoms with Crippen LogP contribution in [0, 0.1) is 0 Å². The van der Waals surface area contributed by atoms with Crippen molar-refractivity contribution >= 4 is 17.9 Å². The van der Waals surface area contributed by atoms with Gasteiger partial charge in [-0.1, -0.05) is 56.5 Å². The lowest BCUT2D eigenvalue weighted by atomic mass is 10.0. The van der Waals surface area contributed by atoms with Gasteiger partial charge in [-0.05, 0) is 46.6 Å². The van der Waals surface area contributed by atoms with E-state index >= 15 is 0 Å². The van der Waals surface area contributed by atoms with E-state index < -0.39 is 17.7 Å². The number of nitrogens with one attached hydrogen (secondary N) is 2. The maximum absolute atomic E-state index is 13.2. The fourth-order valence-electron chi connectivity index (χ4n) is 3.14. The third kappa shape index (κ3) is 10.3. The van der Waals surface area contributed by atoms with E-state index in [9.17, 15) is 14.4 Å². The number of amides is 3. The van der Waals surface area contributed by atoms with Crippen molar-refractivity contribution in [2.24, 2.45) is 0 Å². The van der Waals surface area contributed by atoms with Crippen molar-refractivity contribution in [3.63, 3.8) is 0 Å². The van der Waals surface area contributed by atoms with Gasteiger partial charge in [0, 0.05) is 12.6 Å². The Morgan fingerprint density at radius 1 is 1.03 bits per heavy atom. The average molecular weight is 434 g/mol. The van der Waals surface area contributed by atoms with Gasteiger partial charge in [0.15, 0.2) is 0 Å². The lowest BCUT2D eigenvalue weighted by Crippen LogP contribution is -2.49. The molecule has 1 aromatic rings. The molecule has 1 rings (SSSR count). The Morgan fingerprint density at radius 2 is 1.68 bits per heavy atom. The van der Waals surface area contributed by atoms with Gasteiger partial charge in [-0.25, -0.2) is 4.79 Å². The van der Waals surface area contributed by atoms with Crippen molar-refractivity contribution in [3.8, 4) is 0 Å². The summed E-state index contributed by atoms with van der Waals surface area (Å²) in [5.41, 5.74) is 0.0817. The molecule has 7 nitrogen and oxygen atoms in total. The lowest BCUT2D eigenvalue weighted by Gasteiger charge is -2.32. The molecule has 0 spiro atoms. The van der Waals surface area contributed by atoms with Gasteiger partial charge in [0.1, 0.15) is 18.2 Å². The number of carbonyl (C=O) groups excluding carboxylic acids is 3. The van der Waals surface area contributed by atoms with Crippen molar-refractivity contribution < 1.29 is 19.1 Å². The molecular weight excluding hydrogens is 394 g/mol. The molecule has 31 heavy (non-hydrogen) atoms. The summed E-state index contributed by atoms with van der Waals surface area (Å²) in [5, 5.41) is 5.45. The number of carbonyl (C=O) groups is 3. The summed E-state index contributed by atoms with van der Waals surface area (Å²) in [6.45, 7) is 11.4. The number of alkyl carbamates (subject to hydrolysis) is 1. The van der Waals surface area contributed by atoms with Crippen LogP contribution in [0.2, 0.25) is 0 Å². The molecule has 1 unspecified atom stereocenters. The summed E-state index contributed by atoms with van der Waals surface area (Å²) in [6, 6.07) is 8.44. The zero-order valence-corrected chi connectivity index (χ0v) is 19.9. The predicted molar refractivity (Wildman–Crippen MR) is 123 cm³/mol. The van der Waals surface area contributed by atoms with Crippen molar-refractivity contribution in [2.75, 3.05) is 13.1 Å². The monoisotopic (exact) mass is 433 g/mol. The summed E-state index contributed by atoms with van der Waals surface area (Å²) >= 11 is 0. The van der Waals surface area contributed by atoms with E-state index in [1.165, 1.54) is 0 Å². The third-order valence-electron chi connectivity index (χ3n) is 4.46. The van der Waals surface area contributed by atoms with Gasteiger partial charge in [-0.2, -0.15) is 0 Å². The Kier molecular flexibility index (Phi) is 11.1. The van der Waals surface area contributed by atoms with Gasteiger partial charge in [0.05, 0.1) is 0 Å². The SMILES string of the molecule is CCCCCCN(C(=O)CNC(=O)OC(C)(C)C)C(C(=O)NC(C)C)c1ccccc1. The van der Waals surface area contributed by atoms with Crippen LogP contribution >= 0.6 is 0 Å². The molecule has 1 atom stereocenters. The molecule has 2 N–H and O–H groups in total. The van der Waals surface area contributed by atoms with E-state index in [2.05, 4.69) is 17.6 Å².